The van der Waals surface area contributed by atoms with Crippen LogP contribution in [0.25, 0.3) is 5.69 Å². The first kappa shape index (κ1) is 23.0. The number of hydrogen-bond acceptors (Lipinski definition) is 6. The molecule has 2 heterocycles. The van der Waals surface area contributed by atoms with Gasteiger partial charge in [-0.3, -0.25) is 9.59 Å². The lowest BCUT2D eigenvalue weighted by Gasteiger charge is -2.12. The fraction of sp³-hybridized carbons (Fsp3) is 0.435. The van der Waals surface area contributed by atoms with E-state index in [1.54, 1.807) is 4.68 Å². The van der Waals surface area contributed by atoms with Gasteiger partial charge in [-0.1, -0.05) is 43.8 Å². The number of primary amides is 1. The van der Waals surface area contributed by atoms with Crippen LogP contribution in [0.4, 0.5) is 5.82 Å². The maximum atomic E-state index is 12.8. The summed E-state index contributed by atoms with van der Waals surface area (Å²) in [5.41, 5.74) is 7.20. The van der Waals surface area contributed by atoms with Crippen LogP contribution in [0.5, 0.6) is 0 Å². The first-order chi connectivity index (χ1) is 15.9. The summed E-state index contributed by atoms with van der Waals surface area (Å²) >= 11 is 1.33. The largest absolute Gasteiger partial charge is 0.370 e. The zero-order chi connectivity index (χ0) is 23.4. The van der Waals surface area contributed by atoms with Gasteiger partial charge in [0.2, 0.25) is 11.8 Å². The summed E-state index contributed by atoms with van der Waals surface area (Å²) in [6, 6.07) is 11.8. The molecule has 1 aliphatic rings. The Labute approximate surface area is 197 Å². The zero-order valence-corrected chi connectivity index (χ0v) is 19.7. The lowest BCUT2D eigenvalue weighted by atomic mass is 10.2. The van der Waals surface area contributed by atoms with Crippen LogP contribution in [0, 0.1) is 5.92 Å². The molecule has 1 aromatic carbocycles. The summed E-state index contributed by atoms with van der Waals surface area (Å²) in [5, 5.41) is 16.9. The molecule has 0 bridgehead atoms. The quantitative estimate of drug-likeness (QED) is 0.418. The molecule has 0 aliphatic heterocycles. The number of nitrogens with two attached hydrogens (primary N) is 1. The van der Waals surface area contributed by atoms with E-state index in [9.17, 15) is 9.59 Å². The minimum absolute atomic E-state index is 0.141. The highest BCUT2D eigenvalue weighted by molar-refractivity contribution is 7.99. The van der Waals surface area contributed by atoms with Gasteiger partial charge in [0.05, 0.1) is 17.1 Å². The van der Waals surface area contributed by atoms with Crippen molar-refractivity contribution in [1.29, 1.82) is 0 Å². The lowest BCUT2D eigenvalue weighted by Crippen LogP contribution is -2.18. The smallest absolute Gasteiger partial charge is 0.236 e. The monoisotopic (exact) mass is 467 g/mol. The lowest BCUT2D eigenvalue weighted by molar-refractivity contribution is -0.118. The van der Waals surface area contributed by atoms with E-state index >= 15 is 0 Å². The molecule has 3 N–H and O–H groups in total. The van der Waals surface area contributed by atoms with E-state index in [-0.39, 0.29) is 24.0 Å². The number of rotatable bonds is 11. The highest BCUT2D eigenvalue weighted by atomic mass is 32.2. The molecule has 174 valence electrons. The van der Waals surface area contributed by atoms with Crippen molar-refractivity contribution in [2.75, 3.05) is 11.1 Å². The van der Waals surface area contributed by atoms with Gasteiger partial charge in [0, 0.05) is 31.4 Å². The van der Waals surface area contributed by atoms with E-state index < -0.39 is 0 Å². The van der Waals surface area contributed by atoms with Crippen molar-refractivity contribution >= 4 is 29.4 Å². The van der Waals surface area contributed by atoms with Gasteiger partial charge in [0.1, 0.15) is 11.6 Å². The average molecular weight is 468 g/mol. The number of anilines is 1. The van der Waals surface area contributed by atoms with E-state index in [2.05, 4.69) is 29.4 Å². The number of nitrogens with one attached hydrogen (secondary N) is 1. The molecule has 0 atom stereocenters. The topological polar surface area (TPSA) is 121 Å². The number of aryl methyl sites for hydroxylation is 1. The Morgan fingerprint density at radius 2 is 1.97 bits per heavy atom. The van der Waals surface area contributed by atoms with Gasteiger partial charge in [0.15, 0.2) is 5.16 Å². The van der Waals surface area contributed by atoms with Gasteiger partial charge in [0.25, 0.3) is 0 Å². The number of aromatic nitrogens is 5. The SMILES string of the molecule is CC(C)Cn1c(CCC(N)=O)nnc1SCC(=O)Nc1cc(C2CC2)nn1-c1ccccc1. The van der Waals surface area contributed by atoms with Crippen LogP contribution < -0.4 is 11.1 Å². The minimum Gasteiger partial charge on any atom is -0.370 e. The third-order valence-corrected chi connectivity index (χ3v) is 6.23. The fourth-order valence-corrected chi connectivity index (χ4v) is 4.30. The second-order valence-corrected chi connectivity index (χ2v) is 9.62. The molecule has 1 saturated carbocycles. The van der Waals surface area contributed by atoms with Crippen molar-refractivity contribution in [3.05, 3.63) is 47.9 Å². The van der Waals surface area contributed by atoms with E-state index in [0.29, 0.717) is 41.6 Å². The highest BCUT2D eigenvalue weighted by Crippen LogP contribution is 2.40. The Hall–Kier alpha value is -3.14. The Kier molecular flexibility index (Phi) is 7.12. The molecular weight excluding hydrogens is 438 g/mol. The predicted octanol–water partition coefficient (Wildman–Crippen LogP) is 3.15. The Morgan fingerprint density at radius 1 is 1.21 bits per heavy atom. The van der Waals surface area contributed by atoms with E-state index in [0.717, 1.165) is 24.2 Å². The Bertz CT molecular complexity index is 1120. The van der Waals surface area contributed by atoms with Crippen LogP contribution in [-0.4, -0.2) is 42.1 Å². The summed E-state index contributed by atoms with van der Waals surface area (Å²) in [6.45, 7) is 4.90. The number of nitrogens with zero attached hydrogens (tertiary/aromatic N) is 5. The molecule has 0 radical (unpaired) electrons. The van der Waals surface area contributed by atoms with Crippen molar-refractivity contribution < 1.29 is 9.59 Å². The van der Waals surface area contributed by atoms with Crippen molar-refractivity contribution in [2.24, 2.45) is 11.7 Å². The highest BCUT2D eigenvalue weighted by Gasteiger charge is 2.28. The van der Waals surface area contributed by atoms with Gasteiger partial charge in [-0.25, -0.2) is 4.68 Å². The van der Waals surface area contributed by atoms with Gasteiger partial charge >= 0.3 is 0 Å². The number of benzene rings is 1. The molecule has 33 heavy (non-hydrogen) atoms. The summed E-state index contributed by atoms with van der Waals surface area (Å²) in [5.74, 6) is 1.89. The molecule has 10 heteroatoms. The normalized spacial score (nSPS) is 13.4. The maximum Gasteiger partial charge on any atom is 0.236 e. The van der Waals surface area contributed by atoms with E-state index in [1.165, 1.54) is 11.8 Å². The Balaban J connectivity index is 1.45. The average Bonchev–Trinajstić information content (AvgIpc) is 3.45. The standard InChI is InChI=1S/C23H29N7O2S/c1-15(2)13-29-20(11-10-19(24)31)26-27-23(29)33-14-22(32)25-21-12-18(16-8-9-16)28-30(21)17-6-4-3-5-7-17/h3-7,12,15-16H,8-11,13-14H2,1-2H3,(H2,24,31)(H,25,32). The minimum atomic E-state index is -0.372. The van der Waals surface area contributed by atoms with E-state index in [1.807, 2.05) is 41.0 Å². The summed E-state index contributed by atoms with van der Waals surface area (Å²) in [6.07, 6.45) is 2.92. The summed E-state index contributed by atoms with van der Waals surface area (Å²) in [4.78, 5) is 24.0. The van der Waals surface area contributed by atoms with Crippen LogP contribution in [-0.2, 0) is 22.6 Å². The molecule has 0 unspecified atom stereocenters. The molecule has 3 aromatic rings. The Morgan fingerprint density at radius 3 is 2.64 bits per heavy atom. The first-order valence-corrected chi connectivity index (χ1v) is 12.2. The number of carbonyl (C=O) groups excluding carboxylic acids is 2. The second-order valence-electron chi connectivity index (χ2n) is 8.68. The molecule has 2 amide bonds. The molecule has 4 rings (SSSR count). The van der Waals surface area contributed by atoms with Crippen LogP contribution >= 0.6 is 11.8 Å². The van der Waals surface area contributed by atoms with Crippen LogP contribution in [0.2, 0.25) is 0 Å². The van der Waals surface area contributed by atoms with Crippen molar-refractivity contribution in [3.8, 4) is 5.69 Å². The summed E-state index contributed by atoms with van der Waals surface area (Å²) < 4.78 is 3.77. The van der Waals surface area contributed by atoms with Crippen molar-refractivity contribution in [3.63, 3.8) is 0 Å². The number of amides is 2. The summed E-state index contributed by atoms with van der Waals surface area (Å²) in [7, 11) is 0. The molecule has 0 saturated heterocycles. The van der Waals surface area contributed by atoms with Gasteiger partial charge < -0.3 is 15.6 Å². The first-order valence-electron chi connectivity index (χ1n) is 11.2. The zero-order valence-electron chi connectivity index (χ0n) is 18.9. The second kappa shape index (κ2) is 10.2. The number of para-hydroxylation sites is 1. The number of carbonyl (C=O) groups is 2. The van der Waals surface area contributed by atoms with Gasteiger partial charge in [-0.15, -0.1) is 10.2 Å². The fourth-order valence-electron chi connectivity index (χ4n) is 3.54. The number of thioether (sulfide) groups is 1. The molecule has 1 fully saturated rings. The predicted molar refractivity (Wildman–Crippen MR) is 127 cm³/mol. The van der Waals surface area contributed by atoms with E-state index in [4.69, 9.17) is 10.8 Å². The third-order valence-electron chi connectivity index (χ3n) is 5.26. The van der Waals surface area contributed by atoms with Crippen LogP contribution in [0.15, 0.2) is 41.6 Å². The molecule has 1 aliphatic carbocycles. The van der Waals surface area contributed by atoms with Crippen LogP contribution in [0.1, 0.15) is 50.5 Å². The maximum absolute atomic E-state index is 12.8. The molecule has 9 nitrogen and oxygen atoms in total. The molecular formula is C23H29N7O2S. The van der Waals surface area contributed by atoms with Gasteiger partial charge in [-0.2, -0.15) is 5.10 Å². The molecule has 2 aromatic heterocycles. The number of hydrogen-bond donors (Lipinski definition) is 2. The third kappa shape index (κ3) is 6.01. The van der Waals surface area contributed by atoms with Crippen LogP contribution in [0.3, 0.4) is 0 Å². The van der Waals surface area contributed by atoms with Gasteiger partial charge in [-0.05, 0) is 30.9 Å². The van der Waals surface area contributed by atoms with Crippen molar-refractivity contribution in [2.45, 2.75) is 57.1 Å². The molecule has 0 spiro atoms. The van der Waals surface area contributed by atoms with Crippen molar-refractivity contribution in [1.82, 2.24) is 24.5 Å².